The summed E-state index contributed by atoms with van der Waals surface area (Å²) in [5.74, 6) is 1.43. The van der Waals surface area contributed by atoms with Crippen molar-refractivity contribution in [2.75, 3.05) is 23.7 Å². The van der Waals surface area contributed by atoms with Crippen LogP contribution in [0.5, 0.6) is 0 Å². The van der Waals surface area contributed by atoms with Gasteiger partial charge < -0.3 is 10.6 Å². The van der Waals surface area contributed by atoms with Crippen molar-refractivity contribution < 1.29 is 12.8 Å². The summed E-state index contributed by atoms with van der Waals surface area (Å²) < 4.78 is 41.3. The number of sulfonamides is 1. The van der Waals surface area contributed by atoms with Gasteiger partial charge in [0, 0.05) is 24.5 Å². The molecule has 0 spiro atoms. The first kappa shape index (κ1) is 24.3. The molecule has 2 aromatic carbocycles. The van der Waals surface area contributed by atoms with Crippen LogP contribution in [0.25, 0.3) is 10.9 Å². The molecule has 3 N–H and O–H groups in total. The first-order valence-electron chi connectivity index (χ1n) is 11.8. The molecule has 182 valence electrons. The maximum atomic E-state index is 13.9. The molecule has 1 saturated carbocycles. The van der Waals surface area contributed by atoms with Crippen LogP contribution in [0, 0.1) is 17.7 Å². The standard InChI is InChI=1S/C25H32FN5O2S/c1-17(2)29-24-20-7-3-5-9-22(20)30-25(31-24)27-15-18-11-13-19(14-12-18)16-28-34(32,33)23-10-6-4-8-21(23)26/h3-10,17-19,28H,11-16H2,1-2H3,(H2,27,29,30,31)/t18-,19-. The van der Waals surface area contributed by atoms with E-state index in [-0.39, 0.29) is 16.9 Å². The number of hydrogen-bond acceptors (Lipinski definition) is 6. The van der Waals surface area contributed by atoms with Crippen molar-refractivity contribution in [1.82, 2.24) is 14.7 Å². The van der Waals surface area contributed by atoms with Crippen LogP contribution in [0.15, 0.2) is 53.4 Å². The number of aromatic nitrogens is 2. The Morgan fingerprint density at radius 3 is 2.29 bits per heavy atom. The SMILES string of the molecule is CC(C)Nc1nc(NC[C@H]2CC[C@H](CNS(=O)(=O)c3ccccc3F)CC2)nc2ccccc12. The molecule has 1 fully saturated rings. The molecular weight excluding hydrogens is 453 g/mol. The van der Waals surface area contributed by atoms with Gasteiger partial charge in [0.1, 0.15) is 16.5 Å². The molecule has 1 aromatic heterocycles. The van der Waals surface area contributed by atoms with Gasteiger partial charge in [0.15, 0.2) is 0 Å². The number of nitrogens with zero attached hydrogens (tertiary/aromatic N) is 2. The maximum Gasteiger partial charge on any atom is 0.243 e. The third-order valence-electron chi connectivity index (χ3n) is 6.23. The monoisotopic (exact) mass is 485 g/mol. The van der Waals surface area contributed by atoms with Gasteiger partial charge in [-0.15, -0.1) is 0 Å². The summed E-state index contributed by atoms with van der Waals surface area (Å²) in [6.07, 6.45) is 3.82. The van der Waals surface area contributed by atoms with E-state index in [9.17, 15) is 12.8 Å². The zero-order chi connectivity index (χ0) is 24.1. The Hall–Kier alpha value is -2.78. The number of rotatable bonds is 9. The lowest BCUT2D eigenvalue weighted by Gasteiger charge is -2.28. The van der Waals surface area contributed by atoms with Gasteiger partial charge in [-0.25, -0.2) is 22.5 Å². The lowest BCUT2D eigenvalue weighted by atomic mass is 9.82. The minimum Gasteiger partial charge on any atom is -0.367 e. The van der Waals surface area contributed by atoms with Gasteiger partial charge in [-0.3, -0.25) is 0 Å². The van der Waals surface area contributed by atoms with Crippen molar-refractivity contribution in [1.29, 1.82) is 0 Å². The molecule has 0 aliphatic heterocycles. The van der Waals surface area contributed by atoms with Crippen LogP contribution in [-0.4, -0.2) is 37.5 Å². The van der Waals surface area contributed by atoms with Crippen LogP contribution in [0.1, 0.15) is 39.5 Å². The molecule has 0 unspecified atom stereocenters. The van der Waals surface area contributed by atoms with Crippen LogP contribution in [0.4, 0.5) is 16.2 Å². The van der Waals surface area contributed by atoms with E-state index in [0.717, 1.165) is 55.0 Å². The Morgan fingerprint density at radius 2 is 1.59 bits per heavy atom. The van der Waals surface area contributed by atoms with Gasteiger partial charge in [0.25, 0.3) is 0 Å². The topological polar surface area (TPSA) is 96.0 Å². The van der Waals surface area contributed by atoms with Crippen LogP contribution in [0.2, 0.25) is 0 Å². The number of para-hydroxylation sites is 1. The highest BCUT2D eigenvalue weighted by Gasteiger charge is 2.24. The Balaban J connectivity index is 1.29. The predicted molar refractivity (Wildman–Crippen MR) is 134 cm³/mol. The van der Waals surface area contributed by atoms with Gasteiger partial charge in [-0.1, -0.05) is 24.3 Å². The summed E-state index contributed by atoms with van der Waals surface area (Å²) in [5, 5.41) is 7.81. The summed E-state index contributed by atoms with van der Waals surface area (Å²) >= 11 is 0. The Morgan fingerprint density at radius 1 is 0.941 bits per heavy atom. The van der Waals surface area contributed by atoms with Crippen LogP contribution >= 0.6 is 0 Å². The molecule has 0 saturated heterocycles. The zero-order valence-electron chi connectivity index (χ0n) is 19.6. The molecule has 0 radical (unpaired) electrons. The van der Waals surface area contributed by atoms with Gasteiger partial charge >= 0.3 is 0 Å². The van der Waals surface area contributed by atoms with Crippen LogP contribution in [-0.2, 0) is 10.0 Å². The number of benzene rings is 2. The highest BCUT2D eigenvalue weighted by Crippen LogP contribution is 2.29. The van der Waals surface area contributed by atoms with Crippen molar-refractivity contribution in [2.24, 2.45) is 11.8 Å². The highest BCUT2D eigenvalue weighted by atomic mass is 32.2. The summed E-state index contributed by atoms with van der Waals surface area (Å²) in [5.41, 5.74) is 0.897. The van der Waals surface area contributed by atoms with Crippen molar-refractivity contribution in [3.05, 3.63) is 54.3 Å². The molecule has 9 heteroatoms. The Labute approximate surface area is 200 Å². The lowest BCUT2D eigenvalue weighted by Crippen LogP contribution is -2.32. The average molecular weight is 486 g/mol. The second-order valence-corrected chi connectivity index (χ2v) is 11.0. The Bertz CT molecular complexity index is 1230. The lowest BCUT2D eigenvalue weighted by molar-refractivity contribution is 0.284. The molecule has 4 rings (SSSR count). The van der Waals surface area contributed by atoms with Gasteiger partial charge in [0.05, 0.1) is 5.52 Å². The minimum absolute atomic E-state index is 0.247. The third-order valence-corrected chi connectivity index (χ3v) is 7.69. The molecule has 7 nitrogen and oxygen atoms in total. The molecule has 0 amide bonds. The predicted octanol–water partition coefficient (Wildman–Crippen LogP) is 4.79. The molecule has 0 atom stereocenters. The number of nitrogens with one attached hydrogen (secondary N) is 3. The molecule has 1 heterocycles. The third kappa shape index (κ3) is 6.01. The molecule has 3 aromatic rings. The zero-order valence-corrected chi connectivity index (χ0v) is 20.4. The number of anilines is 2. The molecule has 34 heavy (non-hydrogen) atoms. The second-order valence-electron chi connectivity index (χ2n) is 9.26. The first-order valence-corrected chi connectivity index (χ1v) is 13.3. The van der Waals surface area contributed by atoms with Crippen molar-refractivity contribution in [3.63, 3.8) is 0 Å². The van der Waals surface area contributed by atoms with Crippen LogP contribution < -0.4 is 15.4 Å². The van der Waals surface area contributed by atoms with E-state index in [1.165, 1.54) is 18.2 Å². The highest BCUT2D eigenvalue weighted by molar-refractivity contribution is 7.89. The fourth-order valence-electron chi connectivity index (χ4n) is 4.38. The number of hydrogen-bond donors (Lipinski definition) is 3. The maximum absolute atomic E-state index is 13.9. The number of fused-ring (bicyclic) bond motifs is 1. The normalized spacial score (nSPS) is 18.8. The molecule has 0 bridgehead atoms. The molecular formula is C25H32FN5O2S. The largest absolute Gasteiger partial charge is 0.367 e. The second kappa shape index (κ2) is 10.7. The van der Waals surface area contributed by atoms with Crippen molar-refractivity contribution in [2.45, 2.75) is 50.5 Å². The summed E-state index contributed by atoms with van der Waals surface area (Å²) in [6.45, 7) is 5.26. The summed E-state index contributed by atoms with van der Waals surface area (Å²) in [7, 11) is -3.84. The van der Waals surface area contributed by atoms with E-state index < -0.39 is 15.8 Å². The smallest absolute Gasteiger partial charge is 0.243 e. The minimum atomic E-state index is -3.84. The van der Waals surface area contributed by atoms with Gasteiger partial charge in [0.2, 0.25) is 16.0 Å². The Kier molecular flexibility index (Phi) is 7.63. The summed E-state index contributed by atoms with van der Waals surface area (Å²) in [4.78, 5) is 9.06. The van der Waals surface area contributed by atoms with E-state index >= 15 is 0 Å². The van der Waals surface area contributed by atoms with E-state index in [1.54, 1.807) is 0 Å². The fraction of sp³-hybridized carbons (Fsp3) is 0.440. The molecule has 1 aliphatic carbocycles. The van der Waals surface area contributed by atoms with Gasteiger partial charge in [-0.2, -0.15) is 4.98 Å². The van der Waals surface area contributed by atoms with E-state index in [0.29, 0.717) is 18.4 Å². The van der Waals surface area contributed by atoms with Gasteiger partial charge in [-0.05, 0) is 75.6 Å². The van der Waals surface area contributed by atoms with Crippen molar-refractivity contribution in [3.8, 4) is 0 Å². The van der Waals surface area contributed by atoms with Crippen molar-refractivity contribution >= 4 is 32.7 Å². The average Bonchev–Trinajstić information content (AvgIpc) is 2.82. The first-order chi connectivity index (χ1) is 16.3. The van der Waals surface area contributed by atoms with Crippen LogP contribution in [0.3, 0.4) is 0 Å². The van der Waals surface area contributed by atoms with E-state index in [1.807, 2.05) is 24.3 Å². The number of halogens is 1. The van der Waals surface area contributed by atoms with E-state index in [2.05, 4.69) is 34.2 Å². The molecule has 1 aliphatic rings. The summed E-state index contributed by atoms with van der Waals surface area (Å²) in [6, 6.07) is 13.7. The van der Waals surface area contributed by atoms with E-state index in [4.69, 9.17) is 4.98 Å². The fourth-order valence-corrected chi connectivity index (χ4v) is 5.58. The quantitative estimate of drug-likeness (QED) is 0.403.